The molecule has 18 heavy (non-hydrogen) atoms. The predicted octanol–water partition coefficient (Wildman–Crippen LogP) is 2.57. The van der Waals surface area contributed by atoms with E-state index in [-0.39, 0.29) is 0 Å². The lowest BCUT2D eigenvalue weighted by Crippen LogP contribution is -2.02. The Labute approximate surface area is 108 Å². The van der Waals surface area contributed by atoms with Gasteiger partial charge in [0.05, 0.1) is 5.69 Å². The van der Waals surface area contributed by atoms with Gasteiger partial charge in [-0.25, -0.2) is 0 Å². The maximum absolute atomic E-state index is 5.86. The first-order chi connectivity index (χ1) is 8.72. The quantitative estimate of drug-likeness (QED) is 0.878. The van der Waals surface area contributed by atoms with Gasteiger partial charge in [-0.2, -0.15) is 5.10 Å². The van der Waals surface area contributed by atoms with Crippen LogP contribution in [0.1, 0.15) is 28.9 Å². The summed E-state index contributed by atoms with van der Waals surface area (Å²) in [4.78, 5) is 0. The highest BCUT2D eigenvalue weighted by Gasteiger charge is 2.22. The Balaban J connectivity index is 2.25. The Bertz CT molecular complexity index is 596. The van der Waals surface area contributed by atoms with Crippen LogP contribution in [-0.4, -0.2) is 9.78 Å². The molecule has 2 aromatic rings. The summed E-state index contributed by atoms with van der Waals surface area (Å²) in [6.07, 6.45) is 2.32. The minimum atomic E-state index is 0.517. The van der Waals surface area contributed by atoms with Gasteiger partial charge in [-0.05, 0) is 43.4 Å². The fraction of sp³-hybridized carbons (Fsp3) is 0.400. The zero-order valence-electron chi connectivity index (χ0n) is 11.0. The van der Waals surface area contributed by atoms with Crippen LogP contribution in [0.3, 0.4) is 0 Å². The lowest BCUT2D eigenvalue weighted by atomic mass is 9.94. The number of hydrogen-bond donors (Lipinski definition) is 1. The van der Waals surface area contributed by atoms with E-state index in [1.807, 2.05) is 0 Å². The van der Waals surface area contributed by atoms with Crippen LogP contribution in [0, 0.1) is 13.8 Å². The Kier molecular flexibility index (Phi) is 2.71. The number of aromatic nitrogens is 2. The Morgan fingerprint density at radius 3 is 2.94 bits per heavy atom. The van der Waals surface area contributed by atoms with E-state index in [4.69, 9.17) is 5.73 Å². The summed E-state index contributed by atoms with van der Waals surface area (Å²) in [5.41, 5.74) is 13.5. The molecule has 3 nitrogen and oxygen atoms in total. The van der Waals surface area contributed by atoms with E-state index in [2.05, 4.69) is 41.8 Å². The van der Waals surface area contributed by atoms with E-state index < -0.39 is 0 Å². The van der Waals surface area contributed by atoms with Crippen molar-refractivity contribution >= 4 is 0 Å². The van der Waals surface area contributed by atoms with Crippen molar-refractivity contribution in [1.29, 1.82) is 0 Å². The van der Waals surface area contributed by atoms with E-state index in [0.717, 1.165) is 18.7 Å². The average Bonchev–Trinajstić information content (AvgIpc) is 2.92. The molecule has 0 saturated heterocycles. The molecule has 3 rings (SSSR count). The summed E-state index contributed by atoms with van der Waals surface area (Å²) in [6, 6.07) is 6.47. The minimum Gasteiger partial charge on any atom is -0.325 e. The molecule has 0 bridgehead atoms. The monoisotopic (exact) mass is 241 g/mol. The molecule has 0 amide bonds. The van der Waals surface area contributed by atoms with Crippen molar-refractivity contribution in [3.8, 4) is 11.1 Å². The number of nitrogens with two attached hydrogens (primary N) is 1. The molecule has 2 heterocycles. The van der Waals surface area contributed by atoms with Crippen LogP contribution in [0.5, 0.6) is 0 Å². The molecule has 1 aliphatic heterocycles. The van der Waals surface area contributed by atoms with Crippen molar-refractivity contribution in [1.82, 2.24) is 9.78 Å². The molecule has 1 aromatic carbocycles. The third-order valence-corrected chi connectivity index (χ3v) is 3.98. The van der Waals surface area contributed by atoms with Crippen LogP contribution < -0.4 is 5.73 Å². The second-order valence-electron chi connectivity index (χ2n) is 5.05. The van der Waals surface area contributed by atoms with Gasteiger partial charge in [-0.15, -0.1) is 0 Å². The van der Waals surface area contributed by atoms with Gasteiger partial charge in [0.2, 0.25) is 0 Å². The van der Waals surface area contributed by atoms with Crippen LogP contribution in [0.2, 0.25) is 0 Å². The van der Waals surface area contributed by atoms with Gasteiger partial charge in [0, 0.05) is 24.3 Å². The van der Waals surface area contributed by atoms with E-state index in [1.54, 1.807) is 0 Å². The van der Waals surface area contributed by atoms with Crippen molar-refractivity contribution in [3.05, 3.63) is 40.7 Å². The summed E-state index contributed by atoms with van der Waals surface area (Å²) in [6.45, 7) is 5.89. The first kappa shape index (κ1) is 11.5. The number of fused-ring (bicyclic) bond motifs is 1. The first-order valence-electron chi connectivity index (χ1n) is 6.57. The molecule has 0 fully saturated rings. The highest BCUT2D eigenvalue weighted by molar-refractivity contribution is 5.73. The van der Waals surface area contributed by atoms with Crippen LogP contribution in [0.25, 0.3) is 11.1 Å². The summed E-state index contributed by atoms with van der Waals surface area (Å²) in [5, 5.41) is 4.65. The molecule has 0 saturated carbocycles. The van der Waals surface area contributed by atoms with Crippen LogP contribution in [0.4, 0.5) is 0 Å². The number of hydrogen-bond acceptors (Lipinski definition) is 2. The molecular formula is C15H19N3. The van der Waals surface area contributed by atoms with Crippen molar-refractivity contribution < 1.29 is 0 Å². The molecule has 2 N–H and O–H groups in total. The molecule has 1 aromatic heterocycles. The minimum absolute atomic E-state index is 0.517. The Hall–Kier alpha value is -1.61. The third kappa shape index (κ3) is 1.58. The smallest absolute Gasteiger partial charge is 0.0841 e. The predicted molar refractivity (Wildman–Crippen MR) is 73.3 cm³/mol. The molecule has 0 unspecified atom stereocenters. The Morgan fingerprint density at radius 1 is 1.33 bits per heavy atom. The molecular weight excluding hydrogens is 222 g/mol. The lowest BCUT2D eigenvalue weighted by molar-refractivity contribution is 0.644. The summed E-state index contributed by atoms with van der Waals surface area (Å²) in [7, 11) is 0. The molecule has 0 spiro atoms. The highest BCUT2D eigenvalue weighted by atomic mass is 15.3. The molecule has 0 aliphatic carbocycles. The maximum atomic E-state index is 5.86. The van der Waals surface area contributed by atoms with Gasteiger partial charge in [0.15, 0.2) is 0 Å². The van der Waals surface area contributed by atoms with Crippen LogP contribution in [0.15, 0.2) is 18.2 Å². The second-order valence-corrected chi connectivity index (χ2v) is 5.05. The van der Waals surface area contributed by atoms with Crippen molar-refractivity contribution in [2.24, 2.45) is 5.73 Å². The van der Waals surface area contributed by atoms with Gasteiger partial charge in [0.25, 0.3) is 0 Å². The summed E-state index contributed by atoms with van der Waals surface area (Å²) >= 11 is 0. The molecule has 0 radical (unpaired) electrons. The third-order valence-electron chi connectivity index (χ3n) is 3.98. The average molecular weight is 241 g/mol. The molecule has 3 heteroatoms. The van der Waals surface area contributed by atoms with Gasteiger partial charge < -0.3 is 5.73 Å². The number of rotatable bonds is 2. The fourth-order valence-corrected chi connectivity index (χ4v) is 2.86. The summed E-state index contributed by atoms with van der Waals surface area (Å²) < 4.78 is 2.14. The fourth-order valence-electron chi connectivity index (χ4n) is 2.86. The maximum Gasteiger partial charge on any atom is 0.0841 e. The number of aryl methyl sites for hydroxylation is 2. The molecule has 0 atom stereocenters. The first-order valence-corrected chi connectivity index (χ1v) is 6.57. The summed E-state index contributed by atoms with van der Waals surface area (Å²) in [5.74, 6) is 0. The van der Waals surface area contributed by atoms with Gasteiger partial charge in [0.1, 0.15) is 0 Å². The van der Waals surface area contributed by atoms with E-state index >= 15 is 0 Å². The van der Waals surface area contributed by atoms with Gasteiger partial charge >= 0.3 is 0 Å². The van der Waals surface area contributed by atoms with Crippen LogP contribution in [-0.2, 0) is 19.5 Å². The number of nitrogens with zero attached hydrogens (tertiary/aromatic N) is 2. The standard InChI is InChI=1S/C15H19N3/c1-10-5-3-6-12(11(10)2)15-13(9-16)17-18-8-4-7-14(15)18/h3,5-6H,4,7-9,16H2,1-2H3. The van der Waals surface area contributed by atoms with Gasteiger partial charge in [-0.3, -0.25) is 4.68 Å². The zero-order valence-corrected chi connectivity index (χ0v) is 11.0. The highest BCUT2D eigenvalue weighted by Crippen LogP contribution is 2.34. The van der Waals surface area contributed by atoms with Crippen LogP contribution >= 0.6 is 0 Å². The zero-order chi connectivity index (χ0) is 12.7. The normalized spacial score (nSPS) is 13.9. The lowest BCUT2D eigenvalue weighted by Gasteiger charge is -2.10. The molecule has 1 aliphatic rings. The van der Waals surface area contributed by atoms with E-state index in [9.17, 15) is 0 Å². The topological polar surface area (TPSA) is 43.8 Å². The van der Waals surface area contributed by atoms with E-state index in [0.29, 0.717) is 6.54 Å². The second kappa shape index (κ2) is 4.25. The SMILES string of the molecule is Cc1cccc(-c2c(CN)nn3c2CCC3)c1C. The van der Waals surface area contributed by atoms with Crippen molar-refractivity contribution in [3.63, 3.8) is 0 Å². The van der Waals surface area contributed by atoms with Gasteiger partial charge in [-0.1, -0.05) is 18.2 Å². The number of benzene rings is 1. The molecule has 94 valence electrons. The van der Waals surface area contributed by atoms with Crippen molar-refractivity contribution in [2.45, 2.75) is 39.8 Å². The van der Waals surface area contributed by atoms with E-state index in [1.165, 1.54) is 34.4 Å². The van der Waals surface area contributed by atoms with Crippen molar-refractivity contribution in [2.75, 3.05) is 0 Å². The Morgan fingerprint density at radius 2 is 2.17 bits per heavy atom. The largest absolute Gasteiger partial charge is 0.325 e.